The van der Waals surface area contributed by atoms with Crippen molar-refractivity contribution in [3.05, 3.63) is 242 Å². The highest BCUT2D eigenvalue weighted by Crippen LogP contribution is 2.51. The molecule has 1 aliphatic rings. The van der Waals surface area contributed by atoms with Gasteiger partial charge in [0.1, 0.15) is 0 Å². The normalized spacial score (nSPS) is 12.7. The number of anilines is 3. The minimum absolute atomic E-state index is 0.0992. The smallest absolute Gasteiger partial charge is 0.0541 e. The first-order valence-electron chi connectivity index (χ1n) is 21.9. The van der Waals surface area contributed by atoms with Crippen LogP contribution in [-0.2, 0) is 5.41 Å². The molecule has 1 aromatic heterocycles. The fourth-order valence-corrected chi connectivity index (χ4v) is 10.2. The van der Waals surface area contributed by atoms with Gasteiger partial charge < -0.3 is 9.47 Å². The second kappa shape index (κ2) is 14.6. The molecule has 10 aromatic carbocycles. The van der Waals surface area contributed by atoms with Crippen LogP contribution in [0.1, 0.15) is 25.0 Å². The largest absolute Gasteiger partial charge is 0.310 e. The highest BCUT2D eigenvalue weighted by Gasteiger charge is 2.35. The molecule has 0 aliphatic heterocycles. The molecule has 0 fully saturated rings. The number of benzene rings is 10. The van der Waals surface area contributed by atoms with E-state index in [0.717, 1.165) is 17.1 Å². The molecule has 298 valence electrons. The summed E-state index contributed by atoms with van der Waals surface area (Å²) in [7, 11) is 0. The van der Waals surface area contributed by atoms with Gasteiger partial charge in [0, 0.05) is 38.6 Å². The van der Waals surface area contributed by atoms with Crippen LogP contribution in [0.3, 0.4) is 0 Å². The monoisotopic (exact) mass is 804 g/mol. The molecule has 0 saturated carbocycles. The van der Waals surface area contributed by atoms with E-state index in [4.69, 9.17) is 0 Å². The van der Waals surface area contributed by atoms with Crippen LogP contribution < -0.4 is 4.90 Å². The molecular formula is C61H44N2. The van der Waals surface area contributed by atoms with Crippen molar-refractivity contribution >= 4 is 49.6 Å². The van der Waals surface area contributed by atoms with Crippen LogP contribution in [0.4, 0.5) is 17.1 Å². The van der Waals surface area contributed by atoms with Crippen molar-refractivity contribution in [1.82, 2.24) is 4.57 Å². The van der Waals surface area contributed by atoms with E-state index in [0.29, 0.717) is 0 Å². The predicted molar refractivity (Wildman–Crippen MR) is 267 cm³/mol. The average Bonchev–Trinajstić information content (AvgIpc) is 3.79. The third-order valence-electron chi connectivity index (χ3n) is 13.4. The van der Waals surface area contributed by atoms with Crippen molar-refractivity contribution in [1.29, 1.82) is 0 Å². The molecule has 0 N–H and O–H groups in total. The van der Waals surface area contributed by atoms with Crippen molar-refractivity contribution in [3.8, 4) is 50.2 Å². The Kier molecular flexibility index (Phi) is 8.55. The number of aromatic nitrogens is 1. The Balaban J connectivity index is 0.916. The van der Waals surface area contributed by atoms with E-state index in [-0.39, 0.29) is 5.41 Å². The molecule has 0 unspecified atom stereocenters. The van der Waals surface area contributed by atoms with Crippen LogP contribution in [0.25, 0.3) is 82.8 Å². The SMILES string of the molecule is CC1(C)c2ccccc2-c2ccc(N(c3ccc(-c4ccccc4)cc3)c3ccc(-c4cccc(-c5ccc6c(c5)c5ccccc5n6-c5cccc6ccccc56)c4)cc3)cc21. The maximum absolute atomic E-state index is 2.43. The van der Waals surface area contributed by atoms with Gasteiger partial charge in [-0.05, 0) is 128 Å². The summed E-state index contributed by atoms with van der Waals surface area (Å²) < 4.78 is 2.43. The first-order valence-corrected chi connectivity index (χ1v) is 21.9. The molecular weight excluding hydrogens is 761 g/mol. The van der Waals surface area contributed by atoms with Crippen molar-refractivity contribution in [2.24, 2.45) is 0 Å². The third kappa shape index (κ3) is 6.09. The van der Waals surface area contributed by atoms with Crippen molar-refractivity contribution in [3.63, 3.8) is 0 Å². The molecule has 0 saturated heterocycles. The standard InChI is InChI=1S/C61H44N2/c1-61(2)56-23-10-8-21-52(56)53-36-35-50(40-57(53)61)62(48-31-26-42(27-32-48)41-14-4-3-5-15-41)49-33-28-43(29-34-49)45-18-12-19-46(38-45)47-30-37-60-55(39-47)54-22-9-11-24-59(54)63(60)58-25-13-17-44-16-6-7-20-51(44)58/h3-40H,1-2H3. The van der Waals surface area contributed by atoms with Crippen LogP contribution in [0, 0.1) is 0 Å². The van der Waals surface area contributed by atoms with Gasteiger partial charge in [-0.3, -0.25) is 0 Å². The molecule has 2 heteroatoms. The predicted octanol–water partition coefficient (Wildman–Crippen LogP) is 16.7. The molecule has 63 heavy (non-hydrogen) atoms. The maximum Gasteiger partial charge on any atom is 0.0541 e. The Morgan fingerprint density at radius 2 is 0.857 bits per heavy atom. The first kappa shape index (κ1) is 36.9. The summed E-state index contributed by atoms with van der Waals surface area (Å²) in [6, 6.07) is 84.6. The van der Waals surface area contributed by atoms with Crippen LogP contribution in [-0.4, -0.2) is 4.57 Å². The second-order valence-corrected chi connectivity index (χ2v) is 17.4. The quantitative estimate of drug-likeness (QED) is 0.156. The van der Waals surface area contributed by atoms with Crippen LogP contribution >= 0.6 is 0 Å². The molecule has 12 rings (SSSR count). The summed E-state index contributed by atoms with van der Waals surface area (Å²) in [6.45, 7) is 4.71. The third-order valence-corrected chi connectivity index (χ3v) is 13.4. The van der Waals surface area contributed by atoms with Crippen LogP contribution in [0.15, 0.2) is 231 Å². The lowest BCUT2D eigenvalue weighted by molar-refractivity contribution is 0.660. The van der Waals surface area contributed by atoms with Gasteiger partial charge in [0.15, 0.2) is 0 Å². The maximum atomic E-state index is 2.43. The van der Waals surface area contributed by atoms with Gasteiger partial charge >= 0.3 is 0 Å². The summed E-state index contributed by atoms with van der Waals surface area (Å²) in [5.74, 6) is 0. The van der Waals surface area contributed by atoms with Gasteiger partial charge in [0.25, 0.3) is 0 Å². The number of hydrogen-bond donors (Lipinski definition) is 0. The van der Waals surface area contributed by atoms with E-state index in [2.05, 4.69) is 254 Å². The summed E-state index contributed by atoms with van der Waals surface area (Å²) in [6.07, 6.45) is 0. The molecule has 11 aromatic rings. The topological polar surface area (TPSA) is 8.17 Å². The molecule has 2 nitrogen and oxygen atoms in total. The Morgan fingerprint density at radius 1 is 0.333 bits per heavy atom. The molecule has 0 bridgehead atoms. The number of rotatable bonds is 7. The summed E-state index contributed by atoms with van der Waals surface area (Å²) >= 11 is 0. The van der Waals surface area contributed by atoms with E-state index < -0.39 is 0 Å². The second-order valence-electron chi connectivity index (χ2n) is 17.4. The zero-order valence-electron chi connectivity index (χ0n) is 35.3. The van der Waals surface area contributed by atoms with Crippen LogP contribution in [0.2, 0.25) is 0 Å². The van der Waals surface area contributed by atoms with Gasteiger partial charge in [-0.25, -0.2) is 0 Å². The van der Waals surface area contributed by atoms with Crippen molar-refractivity contribution in [2.45, 2.75) is 19.3 Å². The summed E-state index contributed by atoms with van der Waals surface area (Å²) in [5.41, 5.74) is 19.5. The Bertz CT molecular complexity index is 3510. The number of para-hydroxylation sites is 1. The Labute approximate surface area is 368 Å². The van der Waals surface area contributed by atoms with Gasteiger partial charge in [0.05, 0.1) is 16.7 Å². The number of hydrogen-bond acceptors (Lipinski definition) is 1. The highest BCUT2D eigenvalue weighted by molar-refractivity contribution is 6.11. The van der Waals surface area contributed by atoms with E-state index >= 15 is 0 Å². The van der Waals surface area contributed by atoms with E-state index in [1.807, 2.05) is 0 Å². The lowest BCUT2D eigenvalue weighted by Crippen LogP contribution is -2.16. The van der Waals surface area contributed by atoms with E-state index in [1.165, 1.54) is 93.9 Å². The highest BCUT2D eigenvalue weighted by atomic mass is 15.1. The van der Waals surface area contributed by atoms with Crippen LogP contribution in [0.5, 0.6) is 0 Å². The van der Waals surface area contributed by atoms with Gasteiger partial charge in [-0.15, -0.1) is 0 Å². The summed E-state index contributed by atoms with van der Waals surface area (Å²) in [5, 5.41) is 4.99. The van der Waals surface area contributed by atoms with Crippen molar-refractivity contribution in [2.75, 3.05) is 4.90 Å². The average molecular weight is 805 g/mol. The molecule has 0 radical (unpaired) electrons. The van der Waals surface area contributed by atoms with Gasteiger partial charge in [-0.2, -0.15) is 0 Å². The molecule has 1 heterocycles. The molecule has 0 amide bonds. The lowest BCUT2D eigenvalue weighted by Gasteiger charge is -2.28. The zero-order chi connectivity index (χ0) is 42.1. The number of fused-ring (bicyclic) bond motifs is 7. The van der Waals surface area contributed by atoms with Gasteiger partial charge in [0.2, 0.25) is 0 Å². The molecule has 0 atom stereocenters. The fourth-order valence-electron chi connectivity index (χ4n) is 10.2. The number of nitrogens with zero attached hydrogens (tertiary/aromatic N) is 2. The Hall–Kier alpha value is -7.94. The minimum atomic E-state index is -0.0992. The van der Waals surface area contributed by atoms with E-state index in [9.17, 15) is 0 Å². The first-order chi connectivity index (χ1) is 31.0. The lowest BCUT2D eigenvalue weighted by atomic mass is 9.82. The van der Waals surface area contributed by atoms with Gasteiger partial charge in [-0.1, -0.05) is 178 Å². The summed E-state index contributed by atoms with van der Waals surface area (Å²) in [4.78, 5) is 2.40. The fraction of sp³-hybridized carbons (Fsp3) is 0.0492. The Morgan fingerprint density at radius 3 is 1.65 bits per heavy atom. The minimum Gasteiger partial charge on any atom is -0.310 e. The molecule has 0 spiro atoms. The molecule has 1 aliphatic carbocycles. The van der Waals surface area contributed by atoms with Crippen molar-refractivity contribution < 1.29 is 0 Å². The van der Waals surface area contributed by atoms with E-state index in [1.54, 1.807) is 0 Å². The zero-order valence-corrected chi connectivity index (χ0v) is 35.3.